The number of piperidine rings is 1. The second-order valence-electron chi connectivity index (χ2n) is 7.11. The quantitative estimate of drug-likeness (QED) is 0.429. The van der Waals surface area contributed by atoms with Gasteiger partial charge in [0.25, 0.3) is 0 Å². The molecule has 0 aliphatic carbocycles. The summed E-state index contributed by atoms with van der Waals surface area (Å²) in [5.74, 6) is 2.37. The van der Waals surface area contributed by atoms with Gasteiger partial charge in [0.2, 0.25) is 11.8 Å². The normalized spacial score (nSPS) is 19.7. The number of nitrogens with one attached hydrogen (secondary N) is 2. The number of fused-ring (bicyclic) bond motifs is 1. The van der Waals surface area contributed by atoms with E-state index in [2.05, 4.69) is 39.7 Å². The number of terminal acetylenes is 1. The summed E-state index contributed by atoms with van der Waals surface area (Å²) in [4.78, 5) is 25.7. The van der Waals surface area contributed by atoms with Crippen molar-refractivity contribution in [3.63, 3.8) is 0 Å². The minimum atomic E-state index is -0.205. The standard InChI is InChI=1S/C21H27N3O2/c1-2-3-4-5-6-7-13-22-18-10-8-9-16-14-24(15-17(16)18)19-11-12-20(25)23-21(19)26/h1,8-10,19,22H,3-7,11-15H2,(H,23,25,26). The van der Waals surface area contributed by atoms with E-state index in [1.165, 1.54) is 29.7 Å². The van der Waals surface area contributed by atoms with Crippen molar-refractivity contribution in [2.45, 2.75) is 64.1 Å². The fraction of sp³-hybridized carbons (Fsp3) is 0.524. The molecule has 5 nitrogen and oxygen atoms in total. The number of unbranched alkanes of at least 4 members (excludes halogenated alkanes) is 4. The first-order chi connectivity index (χ1) is 12.7. The molecule has 2 aliphatic heterocycles. The van der Waals surface area contributed by atoms with E-state index in [4.69, 9.17) is 6.42 Å². The van der Waals surface area contributed by atoms with Crippen LogP contribution < -0.4 is 10.6 Å². The molecule has 2 N–H and O–H groups in total. The van der Waals surface area contributed by atoms with Crippen LogP contribution in [0.25, 0.3) is 0 Å². The van der Waals surface area contributed by atoms with Gasteiger partial charge in [0.1, 0.15) is 0 Å². The summed E-state index contributed by atoms with van der Waals surface area (Å²) < 4.78 is 0. The second kappa shape index (κ2) is 8.86. The molecule has 2 heterocycles. The highest BCUT2D eigenvalue weighted by atomic mass is 16.2. The van der Waals surface area contributed by atoms with Gasteiger partial charge in [-0.1, -0.05) is 25.0 Å². The second-order valence-corrected chi connectivity index (χ2v) is 7.11. The summed E-state index contributed by atoms with van der Waals surface area (Å²) in [5, 5.41) is 6.02. The first-order valence-electron chi connectivity index (χ1n) is 9.55. The van der Waals surface area contributed by atoms with Gasteiger partial charge in [-0.05, 0) is 36.5 Å². The predicted octanol–water partition coefficient (Wildman–Crippen LogP) is 2.80. The van der Waals surface area contributed by atoms with Crippen LogP contribution in [0.15, 0.2) is 18.2 Å². The van der Waals surface area contributed by atoms with Gasteiger partial charge in [0, 0.05) is 38.2 Å². The maximum atomic E-state index is 12.1. The molecule has 1 unspecified atom stereocenters. The highest BCUT2D eigenvalue weighted by Crippen LogP contribution is 2.32. The van der Waals surface area contributed by atoms with Gasteiger partial charge in [-0.2, -0.15) is 0 Å². The number of anilines is 1. The fourth-order valence-electron chi connectivity index (χ4n) is 3.79. The number of hydrogen-bond donors (Lipinski definition) is 2. The number of nitrogens with zero attached hydrogens (tertiary/aromatic N) is 1. The minimum absolute atomic E-state index is 0.157. The third-order valence-electron chi connectivity index (χ3n) is 5.22. The van der Waals surface area contributed by atoms with Crippen molar-refractivity contribution in [1.82, 2.24) is 10.2 Å². The molecule has 1 atom stereocenters. The van der Waals surface area contributed by atoms with Crippen molar-refractivity contribution in [2.75, 3.05) is 11.9 Å². The van der Waals surface area contributed by atoms with Gasteiger partial charge >= 0.3 is 0 Å². The smallest absolute Gasteiger partial charge is 0.243 e. The molecule has 0 spiro atoms. The summed E-state index contributed by atoms with van der Waals surface area (Å²) in [6.45, 7) is 2.47. The Labute approximate surface area is 155 Å². The summed E-state index contributed by atoms with van der Waals surface area (Å²) in [6, 6.07) is 6.11. The zero-order valence-corrected chi connectivity index (χ0v) is 15.2. The van der Waals surface area contributed by atoms with Crippen LogP contribution in [0.1, 0.15) is 56.1 Å². The van der Waals surface area contributed by atoms with E-state index in [1.807, 2.05) is 0 Å². The molecule has 1 fully saturated rings. The molecule has 3 rings (SSSR count). The number of rotatable bonds is 8. The lowest BCUT2D eigenvalue weighted by atomic mass is 10.0. The Balaban J connectivity index is 1.52. The average Bonchev–Trinajstić information content (AvgIpc) is 3.05. The summed E-state index contributed by atoms with van der Waals surface area (Å²) in [6.07, 6.45) is 11.8. The van der Waals surface area contributed by atoms with Crippen molar-refractivity contribution in [3.8, 4) is 12.3 Å². The average molecular weight is 353 g/mol. The molecule has 1 aromatic rings. The summed E-state index contributed by atoms with van der Waals surface area (Å²) in [7, 11) is 0. The lowest BCUT2D eigenvalue weighted by Crippen LogP contribution is -2.50. The number of amides is 2. The molecule has 138 valence electrons. The molecule has 2 aliphatic rings. The third-order valence-corrected chi connectivity index (χ3v) is 5.22. The van der Waals surface area contributed by atoms with E-state index in [1.54, 1.807) is 0 Å². The number of carbonyl (C=O) groups excluding carboxylic acids is 2. The van der Waals surface area contributed by atoms with Crippen molar-refractivity contribution in [1.29, 1.82) is 0 Å². The molecule has 0 aromatic heterocycles. The zero-order chi connectivity index (χ0) is 18.4. The van der Waals surface area contributed by atoms with Crippen LogP contribution in [0, 0.1) is 12.3 Å². The van der Waals surface area contributed by atoms with Crippen LogP contribution in [0.2, 0.25) is 0 Å². The van der Waals surface area contributed by atoms with E-state index in [0.29, 0.717) is 12.8 Å². The molecule has 0 bridgehead atoms. The Morgan fingerprint density at radius 2 is 2.04 bits per heavy atom. The predicted molar refractivity (Wildman–Crippen MR) is 102 cm³/mol. The van der Waals surface area contributed by atoms with E-state index in [0.717, 1.165) is 38.9 Å². The maximum absolute atomic E-state index is 12.1. The van der Waals surface area contributed by atoms with Crippen LogP contribution >= 0.6 is 0 Å². The van der Waals surface area contributed by atoms with Crippen molar-refractivity contribution in [3.05, 3.63) is 29.3 Å². The van der Waals surface area contributed by atoms with Crippen molar-refractivity contribution >= 4 is 17.5 Å². The highest BCUT2D eigenvalue weighted by molar-refractivity contribution is 6.00. The van der Waals surface area contributed by atoms with Gasteiger partial charge < -0.3 is 5.32 Å². The van der Waals surface area contributed by atoms with E-state index < -0.39 is 0 Å². The fourth-order valence-corrected chi connectivity index (χ4v) is 3.79. The summed E-state index contributed by atoms with van der Waals surface area (Å²) in [5.41, 5.74) is 3.72. The van der Waals surface area contributed by atoms with Gasteiger partial charge in [0.05, 0.1) is 6.04 Å². The molecular weight excluding hydrogens is 326 g/mol. The Hall–Kier alpha value is -2.32. The number of imide groups is 1. The van der Waals surface area contributed by atoms with Gasteiger partial charge in [-0.3, -0.25) is 19.8 Å². The zero-order valence-electron chi connectivity index (χ0n) is 15.2. The van der Waals surface area contributed by atoms with E-state index >= 15 is 0 Å². The molecule has 26 heavy (non-hydrogen) atoms. The molecule has 0 radical (unpaired) electrons. The number of benzene rings is 1. The number of carbonyl (C=O) groups is 2. The van der Waals surface area contributed by atoms with Crippen LogP contribution in [0.4, 0.5) is 5.69 Å². The largest absolute Gasteiger partial charge is 0.385 e. The topological polar surface area (TPSA) is 61.4 Å². The van der Waals surface area contributed by atoms with Gasteiger partial charge in [0.15, 0.2) is 0 Å². The first kappa shape index (κ1) is 18.5. The van der Waals surface area contributed by atoms with Crippen LogP contribution in [-0.2, 0) is 22.7 Å². The van der Waals surface area contributed by atoms with Gasteiger partial charge in [-0.25, -0.2) is 0 Å². The SMILES string of the molecule is C#CCCCCCCNc1cccc2c1CN(C1CCC(=O)NC1=O)C2. The number of hydrogen-bond acceptors (Lipinski definition) is 4. The third kappa shape index (κ3) is 4.44. The van der Waals surface area contributed by atoms with Crippen LogP contribution in [0.5, 0.6) is 0 Å². The molecule has 5 heteroatoms. The molecule has 0 saturated carbocycles. The lowest BCUT2D eigenvalue weighted by molar-refractivity contribution is -0.137. The first-order valence-corrected chi connectivity index (χ1v) is 9.55. The Morgan fingerprint density at radius 1 is 1.19 bits per heavy atom. The molecule has 1 saturated heterocycles. The van der Waals surface area contributed by atoms with Crippen LogP contribution in [0.3, 0.4) is 0 Å². The van der Waals surface area contributed by atoms with Gasteiger partial charge in [-0.15, -0.1) is 12.3 Å². The highest BCUT2D eigenvalue weighted by Gasteiger charge is 2.35. The Kier molecular flexibility index (Phi) is 6.30. The lowest BCUT2D eigenvalue weighted by Gasteiger charge is -2.29. The monoisotopic (exact) mass is 353 g/mol. The van der Waals surface area contributed by atoms with Crippen molar-refractivity contribution < 1.29 is 9.59 Å². The Morgan fingerprint density at radius 3 is 2.85 bits per heavy atom. The molecular formula is C21H27N3O2. The maximum Gasteiger partial charge on any atom is 0.243 e. The molecule has 2 amide bonds. The Bertz CT molecular complexity index is 708. The minimum Gasteiger partial charge on any atom is -0.385 e. The van der Waals surface area contributed by atoms with E-state index in [-0.39, 0.29) is 17.9 Å². The van der Waals surface area contributed by atoms with Crippen LogP contribution in [-0.4, -0.2) is 29.3 Å². The van der Waals surface area contributed by atoms with E-state index in [9.17, 15) is 9.59 Å². The van der Waals surface area contributed by atoms with Crippen molar-refractivity contribution in [2.24, 2.45) is 0 Å². The molecule has 1 aromatic carbocycles. The summed E-state index contributed by atoms with van der Waals surface area (Å²) >= 11 is 0.